The second-order valence-electron chi connectivity index (χ2n) is 4.16. The summed E-state index contributed by atoms with van der Waals surface area (Å²) in [5.41, 5.74) is 0.147. The summed E-state index contributed by atoms with van der Waals surface area (Å²) in [4.78, 5) is 23.4. The number of benzene rings is 1. The minimum absolute atomic E-state index is 0.0115. The molecular weight excluding hydrogens is 237 g/mol. The van der Waals surface area contributed by atoms with Gasteiger partial charge in [0.15, 0.2) is 11.2 Å². The zero-order valence-corrected chi connectivity index (χ0v) is 10.0. The van der Waals surface area contributed by atoms with Crippen LogP contribution >= 0.6 is 0 Å². The van der Waals surface area contributed by atoms with Crippen LogP contribution in [0.2, 0.25) is 0 Å². The number of aryl methyl sites for hydroxylation is 1. The fourth-order valence-electron chi connectivity index (χ4n) is 1.89. The summed E-state index contributed by atoms with van der Waals surface area (Å²) >= 11 is 0. The van der Waals surface area contributed by atoms with Gasteiger partial charge in [-0.05, 0) is 31.5 Å². The van der Waals surface area contributed by atoms with Gasteiger partial charge in [-0.2, -0.15) is 0 Å². The lowest BCUT2D eigenvalue weighted by atomic mass is 10.1. The van der Waals surface area contributed by atoms with Crippen LogP contribution in [0.3, 0.4) is 0 Å². The zero-order chi connectivity index (χ0) is 13.4. The first-order valence-corrected chi connectivity index (χ1v) is 5.40. The quantitative estimate of drug-likeness (QED) is 0.822. The number of fused-ring (bicyclic) bond motifs is 1. The summed E-state index contributed by atoms with van der Waals surface area (Å²) in [7, 11) is 0. The smallest absolute Gasteiger partial charge is 0.200 e. The molecule has 0 amide bonds. The second-order valence-corrected chi connectivity index (χ2v) is 4.16. The first kappa shape index (κ1) is 12.4. The van der Waals surface area contributed by atoms with Gasteiger partial charge in [-0.25, -0.2) is 4.39 Å². The number of hydrogen-bond acceptors (Lipinski definition) is 3. The maximum atomic E-state index is 13.5. The van der Waals surface area contributed by atoms with Gasteiger partial charge in [0.2, 0.25) is 0 Å². The van der Waals surface area contributed by atoms with E-state index in [1.165, 1.54) is 36.7 Å². The molecule has 0 atom stereocenters. The number of pyridine rings is 1. The van der Waals surface area contributed by atoms with Crippen molar-refractivity contribution in [3.63, 3.8) is 0 Å². The van der Waals surface area contributed by atoms with Crippen molar-refractivity contribution in [2.75, 3.05) is 0 Å². The van der Waals surface area contributed by atoms with Gasteiger partial charge < -0.3 is 9.67 Å². The topological polar surface area (TPSA) is 59.3 Å². The lowest BCUT2D eigenvalue weighted by Gasteiger charge is -2.10. The number of ketones is 1. The van der Waals surface area contributed by atoms with Gasteiger partial charge in [0, 0.05) is 11.6 Å². The van der Waals surface area contributed by atoms with E-state index in [9.17, 15) is 19.1 Å². The average Bonchev–Trinajstić information content (AvgIpc) is 2.32. The second kappa shape index (κ2) is 4.34. The van der Waals surface area contributed by atoms with Crippen LogP contribution in [0.1, 0.15) is 22.8 Å². The van der Waals surface area contributed by atoms with Crippen LogP contribution in [-0.2, 0) is 6.73 Å². The summed E-state index contributed by atoms with van der Waals surface area (Å²) in [6.45, 7) is 2.39. The molecule has 94 valence electrons. The summed E-state index contributed by atoms with van der Waals surface area (Å²) < 4.78 is 14.8. The molecule has 0 unspecified atom stereocenters. The third kappa shape index (κ3) is 1.82. The molecule has 0 aliphatic rings. The Kier molecular flexibility index (Phi) is 3.00. The van der Waals surface area contributed by atoms with Gasteiger partial charge in [-0.15, -0.1) is 0 Å². The lowest BCUT2D eigenvalue weighted by Crippen LogP contribution is -2.18. The van der Waals surface area contributed by atoms with Gasteiger partial charge in [0.25, 0.3) is 0 Å². The van der Waals surface area contributed by atoms with Gasteiger partial charge in [-0.3, -0.25) is 9.59 Å². The third-order valence-corrected chi connectivity index (χ3v) is 2.89. The molecule has 0 saturated carbocycles. The Labute approximate surface area is 102 Å². The predicted octanol–water partition coefficient (Wildman–Crippen LogP) is 1.60. The molecule has 5 heteroatoms. The average molecular weight is 249 g/mol. The molecule has 0 spiro atoms. The maximum Gasteiger partial charge on any atom is 0.200 e. The molecule has 18 heavy (non-hydrogen) atoms. The molecule has 0 aliphatic heterocycles. The number of carbonyl (C=O) groups excluding carboxylic acids is 1. The Morgan fingerprint density at radius 2 is 2.11 bits per heavy atom. The zero-order valence-electron chi connectivity index (χ0n) is 10.0. The van der Waals surface area contributed by atoms with Crippen LogP contribution in [0, 0.1) is 12.7 Å². The van der Waals surface area contributed by atoms with Crippen molar-refractivity contribution in [3.8, 4) is 0 Å². The van der Waals surface area contributed by atoms with Gasteiger partial charge >= 0.3 is 0 Å². The van der Waals surface area contributed by atoms with Crippen molar-refractivity contribution in [1.82, 2.24) is 4.57 Å². The molecule has 1 N–H and O–H groups in total. The van der Waals surface area contributed by atoms with Crippen LogP contribution in [-0.4, -0.2) is 15.5 Å². The van der Waals surface area contributed by atoms with Crippen molar-refractivity contribution >= 4 is 16.7 Å². The molecule has 1 aromatic heterocycles. The van der Waals surface area contributed by atoms with Crippen LogP contribution in [0.4, 0.5) is 4.39 Å². The molecule has 0 radical (unpaired) electrons. The highest BCUT2D eigenvalue weighted by atomic mass is 19.1. The molecular formula is C13H12FNO3. The van der Waals surface area contributed by atoms with Crippen molar-refractivity contribution < 1.29 is 14.3 Å². The van der Waals surface area contributed by atoms with E-state index >= 15 is 0 Å². The fraction of sp³-hybridized carbons (Fsp3) is 0.231. The van der Waals surface area contributed by atoms with Gasteiger partial charge in [-0.1, -0.05) is 0 Å². The number of aromatic nitrogens is 1. The van der Waals surface area contributed by atoms with Crippen molar-refractivity contribution in [2.45, 2.75) is 20.6 Å². The van der Waals surface area contributed by atoms with E-state index in [2.05, 4.69) is 0 Å². The van der Waals surface area contributed by atoms with E-state index in [1.54, 1.807) is 0 Å². The fourth-order valence-corrected chi connectivity index (χ4v) is 1.89. The Balaban J connectivity index is 2.99. The first-order valence-electron chi connectivity index (χ1n) is 5.40. The molecule has 4 nitrogen and oxygen atoms in total. The van der Waals surface area contributed by atoms with E-state index < -0.39 is 18.0 Å². The normalized spacial score (nSPS) is 10.9. The first-order chi connectivity index (χ1) is 8.45. The van der Waals surface area contributed by atoms with E-state index in [-0.39, 0.29) is 22.2 Å². The molecule has 2 aromatic rings. The van der Waals surface area contributed by atoms with Crippen LogP contribution in [0.15, 0.2) is 23.1 Å². The Bertz CT molecular complexity index is 703. The molecule has 1 heterocycles. The van der Waals surface area contributed by atoms with Crippen molar-refractivity contribution in [3.05, 3.63) is 45.5 Å². The standard InChI is InChI=1S/C13H12FNO3/c1-7-3-9-12(4-11(7)14)15(6-16)5-10(8(2)17)13(9)18/h3-5,16H,6H2,1-2H3. The maximum absolute atomic E-state index is 13.5. The van der Waals surface area contributed by atoms with E-state index in [4.69, 9.17) is 0 Å². The summed E-state index contributed by atoms with van der Waals surface area (Å²) in [6.07, 6.45) is 1.25. The highest BCUT2D eigenvalue weighted by molar-refractivity contribution is 5.97. The van der Waals surface area contributed by atoms with Gasteiger partial charge in [0.1, 0.15) is 12.5 Å². The van der Waals surface area contributed by atoms with Crippen molar-refractivity contribution in [2.24, 2.45) is 0 Å². The molecule has 2 rings (SSSR count). The lowest BCUT2D eigenvalue weighted by molar-refractivity contribution is 0.101. The molecule has 1 aromatic carbocycles. The van der Waals surface area contributed by atoms with Gasteiger partial charge in [0.05, 0.1) is 11.1 Å². The molecule has 0 fully saturated rings. The third-order valence-electron chi connectivity index (χ3n) is 2.89. The Morgan fingerprint density at radius 1 is 1.44 bits per heavy atom. The van der Waals surface area contributed by atoms with E-state index in [0.29, 0.717) is 5.56 Å². The number of nitrogens with zero attached hydrogens (tertiary/aromatic N) is 1. The number of rotatable bonds is 2. The van der Waals surface area contributed by atoms with E-state index in [1.807, 2.05) is 0 Å². The largest absolute Gasteiger partial charge is 0.376 e. The summed E-state index contributed by atoms with van der Waals surface area (Å²) in [5, 5.41) is 9.45. The summed E-state index contributed by atoms with van der Waals surface area (Å²) in [5.74, 6) is -0.842. The minimum atomic E-state index is -0.459. The Morgan fingerprint density at radius 3 is 2.67 bits per heavy atom. The minimum Gasteiger partial charge on any atom is -0.376 e. The number of halogens is 1. The highest BCUT2D eigenvalue weighted by Crippen LogP contribution is 2.17. The van der Waals surface area contributed by atoms with Crippen LogP contribution in [0.25, 0.3) is 10.9 Å². The number of aliphatic hydroxyl groups excluding tert-OH is 1. The van der Waals surface area contributed by atoms with Crippen molar-refractivity contribution in [1.29, 1.82) is 0 Å². The number of Topliss-reactive ketones (excluding diaryl/α,β-unsaturated/α-hetero) is 1. The number of carbonyl (C=O) groups is 1. The highest BCUT2D eigenvalue weighted by Gasteiger charge is 2.13. The molecule has 0 saturated heterocycles. The number of hydrogen-bond donors (Lipinski definition) is 1. The van der Waals surface area contributed by atoms with Crippen LogP contribution < -0.4 is 5.43 Å². The Hall–Kier alpha value is -2.01. The summed E-state index contributed by atoms with van der Waals surface area (Å²) in [6, 6.07) is 2.58. The molecule has 0 bridgehead atoms. The number of aliphatic hydroxyl groups is 1. The molecule has 0 aliphatic carbocycles. The van der Waals surface area contributed by atoms with E-state index in [0.717, 1.165) is 0 Å². The predicted molar refractivity (Wildman–Crippen MR) is 65.1 cm³/mol. The SMILES string of the molecule is CC(=O)c1cn(CO)c2cc(F)c(C)cc2c1=O. The van der Waals surface area contributed by atoms with Crippen LogP contribution in [0.5, 0.6) is 0 Å². The monoisotopic (exact) mass is 249 g/mol.